The maximum absolute atomic E-state index is 13.7. The number of hydroxylamine groups is 1. The van der Waals surface area contributed by atoms with Gasteiger partial charge in [-0.05, 0) is 48.9 Å². The molecule has 0 aliphatic carbocycles. The number of nitrogens with one attached hydrogen (secondary N) is 1. The van der Waals surface area contributed by atoms with Gasteiger partial charge in [0.05, 0.1) is 0 Å². The van der Waals surface area contributed by atoms with Crippen molar-refractivity contribution in [3.63, 3.8) is 0 Å². The Hall–Kier alpha value is -2.20. The molecule has 0 bridgehead atoms. The second-order valence-electron chi connectivity index (χ2n) is 5.61. The molecule has 1 atom stereocenters. The van der Waals surface area contributed by atoms with Crippen LogP contribution in [-0.4, -0.2) is 11.1 Å². The number of aryl methyl sites for hydroxylation is 2. The Morgan fingerprint density at radius 1 is 1.09 bits per heavy atom. The third-order valence-corrected chi connectivity index (χ3v) is 3.78. The van der Waals surface area contributed by atoms with Crippen molar-refractivity contribution in [2.75, 3.05) is 0 Å². The van der Waals surface area contributed by atoms with E-state index in [0.29, 0.717) is 24.0 Å². The smallest absolute Gasteiger partial charge is 0.247 e. The summed E-state index contributed by atoms with van der Waals surface area (Å²) in [5, 5.41) is 8.95. The van der Waals surface area contributed by atoms with Gasteiger partial charge in [-0.1, -0.05) is 42.5 Å². The van der Waals surface area contributed by atoms with Crippen molar-refractivity contribution >= 4 is 5.91 Å². The Kier molecular flexibility index (Phi) is 5.28. The summed E-state index contributed by atoms with van der Waals surface area (Å²) < 4.78 is 13.7. The minimum Gasteiger partial charge on any atom is -0.289 e. The second-order valence-corrected chi connectivity index (χ2v) is 5.61. The van der Waals surface area contributed by atoms with Crippen LogP contribution in [0, 0.1) is 25.6 Å². The van der Waals surface area contributed by atoms with Gasteiger partial charge in [-0.3, -0.25) is 10.0 Å². The molecule has 0 aromatic heterocycles. The first-order valence-electron chi connectivity index (χ1n) is 7.24. The van der Waals surface area contributed by atoms with Crippen molar-refractivity contribution in [3.8, 4) is 0 Å². The normalized spacial score (nSPS) is 12.0. The predicted molar refractivity (Wildman–Crippen MR) is 83.1 cm³/mol. The van der Waals surface area contributed by atoms with Crippen LogP contribution in [0.25, 0.3) is 0 Å². The molecule has 0 saturated carbocycles. The molecule has 2 N–H and O–H groups in total. The van der Waals surface area contributed by atoms with Gasteiger partial charge < -0.3 is 0 Å². The zero-order valence-electron chi connectivity index (χ0n) is 12.8. The molecule has 3 nitrogen and oxygen atoms in total. The summed E-state index contributed by atoms with van der Waals surface area (Å²) >= 11 is 0. The molecule has 2 aromatic carbocycles. The van der Waals surface area contributed by atoms with Crippen LogP contribution in [0.3, 0.4) is 0 Å². The summed E-state index contributed by atoms with van der Waals surface area (Å²) in [6.45, 7) is 3.42. The largest absolute Gasteiger partial charge is 0.289 e. The number of carbonyl (C=O) groups is 1. The lowest BCUT2D eigenvalue weighted by atomic mass is 9.90. The molecular formula is C18H20FNO2. The molecule has 0 aliphatic rings. The summed E-state index contributed by atoms with van der Waals surface area (Å²) in [5.74, 6) is -1.05. The summed E-state index contributed by atoms with van der Waals surface area (Å²) in [6.07, 6.45) is 0.964. The molecule has 0 unspecified atom stereocenters. The molecule has 0 spiro atoms. The first-order valence-corrected chi connectivity index (χ1v) is 7.24. The highest BCUT2D eigenvalue weighted by Gasteiger charge is 2.20. The maximum atomic E-state index is 13.7. The van der Waals surface area contributed by atoms with Gasteiger partial charge in [0.1, 0.15) is 5.82 Å². The fourth-order valence-electron chi connectivity index (χ4n) is 2.69. The average Bonchev–Trinajstić information content (AvgIpc) is 2.52. The number of rotatable bonds is 5. The van der Waals surface area contributed by atoms with Crippen LogP contribution in [0.15, 0.2) is 42.5 Å². The third kappa shape index (κ3) is 3.92. The maximum Gasteiger partial charge on any atom is 0.247 e. The molecule has 0 aliphatic heterocycles. The Balaban J connectivity index is 2.22. The Bertz CT molecular complexity index is 632. The van der Waals surface area contributed by atoms with Gasteiger partial charge in [-0.25, -0.2) is 9.87 Å². The zero-order chi connectivity index (χ0) is 16.1. The van der Waals surface area contributed by atoms with E-state index in [1.165, 1.54) is 0 Å². The number of halogens is 1. The Morgan fingerprint density at radius 2 is 1.64 bits per heavy atom. The number of benzene rings is 2. The van der Waals surface area contributed by atoms with Crippen LogP contribution in [0.1, 0.15) is 22.3 Å². The van der Waals surface area contributed by atoms with E-state index in [2.05, 4.69) is 0 Å². The van der Waals surface area contributed by atoms with Gasteiger partial charge in [0.2, 0.25) is 5.91 Å². The van der Waals surface area contributed by atoms with Crippen LogP contribution in [-0.2, 0) is 17.6 Å². The molecule has 116 valence electrons. The standard InChI is InChI=1S/C18H20FNO2/c1-12-8-15(9-13(2)17(12)19)11-16(18(21)20-22)10-14-6-4-3-5-7-14/h3-9,16,22H,10-11H2,1-2H3,(H,20,21)/t16-/m0/s1. The van der Waals surface area contributed by atoms with Gasteiger partial charge in [0.15, 0.2) is 0 Å². The molecule has 1 amide bonds. The fourth-order valence-corrected chi connectivity index (χ4v) is 2.69. The first-order chi connectivity index (χ1) is 10.5. The van der Waals surface area contributed by atoms with Crippen molar-refractivity contribution < 1.29 is 14.4 Å². The van der Waals surface area contributed by atoms with Gasteiger partial charge in [0.25, 0.3) is 0 Å². The van der Waals surface area contributed by atoms with Crippen molar-refractivity contribution in [2.24, 2.45) is 5.92 Å². The fraction of sp³-hybridized carbons (Fsp3) is 0.278. The molecule has 0 heterocycles. The molecule has 0 saturated heterocycles. The van der Waals surface area contributed by atoms with Crippen LogP contribution < -0.4 is 5.48 Å². The Labute approximate surface area is 129 Å². The summed E-state index contributed by atoms with van der Waals surface area (Å²) in [5.41, 5.74) is 4.78. The van der Waals surface area contributed by atoms with Crippen LogP contribution in [0.4, 0.5) is 4.39 Å². The van der Waals surface area contributed by atoms with Gasteiger partial charge in [-0.2, -0.15) is 0 Å². The molecule has 0 fully saturated rings. The first kappa shape index (κ1) is 16.2. The van der Waals surface area contributed by atoms with Crippen molar-refractivity contribution in [1.82, 2.24) is 5.48 Å². The molecule has 2 rings (SSSR count). The monoisotopic (exact) mass is 301 g/mol. The lowest BCUT2D eigenvalue weighted by Crippen LogP contribution is -2.31. The third-order valence-electron chi connectivity index (χ3n) is 3.78. The van der Waals surface area contributed by atoms with E-state index in [9.17, 15) is 9.18 Å². The topological polar surface area (TPSA) is 49.3 Å². The lowest BCUT2D eigenvalue weighted by Gasteiger charge is -2.16. The van der Waals surface area contributed by atoms with E-state index in [1.54, 1.807) is 31.5 Å². The number of amides is 1. The van der Waals surface area contributed by atoms with E-state index < -0.39 is 11.8 Å². The SMILES string of the molecule is Cc1cc(C[C@H](Cc2ccccc2)C(=O)NO)cc(C)c1F. The highest BCUT2D eigenvalue weighted by atomic mass is 19.1. The van der Waals surface area contributed by atoms with E-state index in [4.69, 9.17) is 5.21 Å². The van der Waals surface area contributed by atoms with Gasteiger partial charge >= 0.3 is 0 Å². The van der Waals surface area contributed by atoms with Crippen molar-refractivity contribution in [2.45, 2.75) is 26.7 Å². The van der Waals surface area contributed by atoms with Gasteiger partial charge in [0, 0.05) is 5.92 Å². The summed E-state index contributed by atoms with van der Waals surface area (Å²) in [7, 11) is 0. The van der Waals surface area contributed by atoms with Crippen molar-refractivity contribution in [1.29, 1.82) is 0 Å². The highest BCUT2D eigenvalue weighted by molar-refractivity contribution is 5.78. The van der Waals surface area contributed by atoms with Crippen LogP contribution >= 0.6 is 0 Å². The van der Waals surface area contributed by atoms with E-state index >= 15 is 0 Å². The minimum atomic E-state index is -0.427. The number of hydrogen-bond acceptors (Lipinski definition) is 2. The lowest BCUT2D eigenvalue weighted by molar-refractivity contribution is -0.133. The summed E-state index contributed by atoms with van der Waals surface area (Å²) in [4.78, 5) is 11.9. The zero-order valence-corrected chi connectivity index (χ0v) is 12.8. The van der Waals surface area contributed by atoms with Crippen LogP contribution in [0.5, 0.6) is 0 Å². The Morgan fingerprint density at radius 3 is 2.18 bits per heavy atom. The van der Waals surface area contributed by atoms with E-state index in [0.717, 1.165) is 11.1 Å². The highest BCUT2D eigenvalue weighted by Crippen LogP contribution is 2.20. The minimum absolute atomic E-state index is 0.213. The molecule has 0 radical (unpaired) electrons. The average molecular weight is 301 g/mol. The van der Waals surface area contributed by atoms with Gasteiger partial charge in [-0.15, -0.1) is 0 Å². The number of carbonyl (C=O) groups excluding carboxylic acids is 1. The van der Waals surface area contributed by atoms with E-state index in [-0.39, 0.29) is 5.82 Å². The summed E-state index contributed by atoms with van der Waals surface area (Å²) in [6, 6.07) is 13.1. The number of hydrogen-bond donors (Lipinski definition) is 2. The molecule has 2 aromatic rings. The molecular weight excluding hydrogens is 281 g/mol. The quantitative estimate of drug-likeness (QED) is 0.657. The second kappa shape index (κ2) is 7.18. The molecule has 22 heavy (non-hydrogen) atoms. The molecule has 4 heteroatoms. The van der Waals surface area contributed by atoms with Crippen LogP contribution in [0.2, 0.25) is 0 Å². The van der Waals surface area contributed by atoms with Crippen molar-refractivity contribution in [3.05, 3.63) is 70.5 Å². The van der Waals surface area contributed by atoms with E-state index in [1.807, 2.05) is 30.3 Å². The predicted octanol–water partition coefficient (Wildman–Crippen LogP) is 3.35.